The maximum atomic E-state index is 12.9. The molecule has 1 aromatic carbocycles. The van der Waals surface area contributed by atoms with Gasteiger partial charge in [0.1, 0.15) is 5.82 Å². The van der Waals surface area contributed by atoms with Crippen molar-refractivity contribution in [1.29, 1.82) is 0 Å². The molecule has 0 aromatic heterocycles. The van der Waals surface area contributed by atoms with Gasteiger partial charge < -0.3 is 5.32 Å². The lowest BCUT2D eigenvalue weighted by Crippen LogP contribution is -2.25. The summed E-state index contributed by atoms with van der Waals surface area (Å²) in [6.07, 6.45) is 5.33. The Morgan fingerprint density at radius 1 is 1.25 bits per heavy atom. The second kappa shape index (κ2) is 3.92. The van der Waals surface area contributed by atoms with Gasteiger partial charge >= 0.3 is 0 Å². The van der Waals surface area contributed by atoms with Crippen molar-refractivity contribution in [3.8, 4) is 0 Å². The van der Waals surface area contributed by atoms with Crippen LogP contribution in [0.15, 0.2) is 18.2 Å². The van der Waals surface area contributed by atoms with Crippen LogP contribution in [0.25, 0.3) is 0 Å². The normalized spacial score (nSPS) is 32.0. The summed E-state index contributed by atoms with van der Waals surface area (Å²) in [6, 6.07) is 5.11. The van der Waals surface area contributed by atoms with E-state index in [1.807, 2.05) is 0 Å². The van der Waals surface area contributed by atoms with Gasteiger partial charge in [0.2, 0.25) is 0 Å². The van der Waals surface area contributed by atoms with Crippen molar-refractivity contribution in [1.82, 2.24) is 0 Å². The van der Waals surface area contributed by atoms with E-state index in [-0.39, 0.29) is 5.82 Å². The molecule has 0 spiro atoms. The lowest BCUT2D eigenvalue weighted by Gasteiger charge is -2.24. The van der Waals surface area contributed by atoms with E-state index in [4.69, 9.17) is 11.6 Å². The molecule has 0 aliphatic heterocycles. The number of rotatable bonds is 2. The minimum Gasteiger partial charge on any atom is -0.381 e. The highest BCUT2D eigenvalue weighted by atomic mass is 35.5. The highest BCUT2D eigenvalue weighted by Crippen LogP contribution is 2.45. The first-order valence-electron chi connectivity index (χ1n) is 5.94. The van der Waals surface area contributed by atoms with Gasteiger partial charge in [-0.15, -0.1) is 0 Å². The summed E-state index contributed by atoms with van der Waals surface area (Å²) in [6.45, 7) is 0. The molecule has 0 heterocycles. The molecule has 3 heteroatoms. The molecule has 0 saturated heterocycles. The molecule has 1 nitrogen and oxygen atoms in total. The monoisotopic (exact) mass is 239 g/mol. The fourth-order valence-corrected chi connectivity index (χ4v) is 3.45. The second-order valence-electron chi connectivity index (χ2n) is 5.05. The van der Waals surface area contributed by atoms with Crippen LogP contribution in [0.1, 0.15) is 25.7 Å². The van der Waals surface area contributed by atoms with E-state index < -0.39 is 0 Å². The molecule has 2 aliphatic rings. The summed E-state index contributed by atoms with van der Waals surface area (Å²) in [5.41, 5.74) is 0.876. The van der Waals surface area contributed by atoms with Crippen molar-refractivity contribution in [2.75, 3.05) is 5.32 Å². The zero-order valence-corrected chi connectivity index (χ0v) is 9.80. The van der Waals surface area contributed by atoms with Crippen LogP contribution < -0.4 is 5.32 Å². The van der Waals surface area contributed by atoms with Crippen molar-refractivity contribution in [3.63, 3.8) is 0 Å². The molecule has 2 aliphatic carbocycles. The van der Waals surface area contributed by atoms with Crippen molar-refractivity contribution in [2.45, 2.75) is 31.7 Å². The molecule has 2 saturated carbocycles. The molecular formula is C13H15ClFN. The Bertz CT molecular complexity index is 407. The van der Waals surface area contributed by atoms with Gasteiger partial charge in [-0.1, -0.05) is 18.0 Å². The molecule has 3 unspecified atom stereocenters. The third-order valence-electron chi connectivity index (χ3n) is 4.01. The van der Waals surface area contributed by atoms with Crippen LogP contribution in [0, 0.1) is 17.7 Å². The third-order valence-corrected chi connectivity index (χ3v) is 4.32. The summed E-state index contributed by atoms with van der Waals surface area (Å²) in [5.74, 6) is 1.43. The predicted octanol–water partition coefficient (Wildman–Crippen LogP) is 4.08. The van der Waals surface area contributed by atoms with E-state index in [1.54, 1.807) is 6.07 Å². The summed E-state index contributed by atoms with van der Waals surface area (Å²) in [4.78, 5) is 0. The SMILES string of the molecule is Fc1ccc(NC2CC3CCC2C3)c(Cl)c1. The van der Waals surface area contributed by atoms with Gasteiger partial charge in [-0.2, -0.15) is 0 Å². The number of hydrogen-bond acceptors (Lipinski definition) is 1. The van der Waals surface area contributed by atoms with Crippen LogP contribution in [0.4, 0.5) is 10.1 Å². The smallest absolute Gasteiger partial charge is 0.124 e. The Hall–Kier alpha value is -0.760. The van der Waals surface area contributed by atoms with Crippen LogP contribution in [-0.2, 0) is 0 Å². The molecule has 2 bridgehead atoms. The van der Waals surface area contributed by atoms with Crippen molar-refractivity contribution < 1.29 is 4.39 Å². The van der Waals surface area contributed by atoms with Gasteiger partial charge in [-0.3, -0.25) is 0 Å². The van der Waals surface area contributed by atoms with Crippen molar-refractivity contribution in [2.24, 2.45) is 11.8 Å². The van der Waals surface area contributed by atoms with Gasteiger partial charge in [0, 0.05) is 6.04 Å². The Labute approximate surface area is 100.0 Å². The zero-order valence-electron chi connectivity index (χ0n) is 9.05. The van der Waals surface area contributed by atoms with Gasteiger partial charge in [0.25, 0.3) is 0 Å². The number of hydrogen-bond donors (Lipinski definition) is 1. The van der Waals surface area contributed by atoms with Crippen LogP contribution >= 0.6 is 11.6 Å². The molecule has 16 heavy (non-hydrogen) atoms. The summed E-state index contributed by atoms with van der Waals surface area (Å²) >= 11 is 6.01. The average Bonchev–Trinajstić information content (AvgIpc) is 2.84. The van der Waals surface area contributed by atoms with Crippen molar-refractivity contribution in [3.05, 3.63) is 29.0 Å². The maximum Gasteiger partial charge on any atom is 0.124 e. The second-order valence-corrected chi connectivity index (χ2v) is 5.46. The first-order valence-corrected chi connectivity index (χ1v) is 6.32. The predicted molar refractivity (Wildman–Crippen MR) is 64.3 cm³/mol. The lowest BCUT2D eigenvalue weighted by atomic mass is 9.95. The molecule has 3 atom stereocenters. The molecule has 0 amide bonds. The fourth-order valence-electron chi connectivity index (χ4n) is 3.23. The average molecular weight is 240 g/mol. The number of fused-ring (bicyclic) bond motifs is 2. The Morgan fingerprint density at radius 3 is 2.75 bits per heavy atom. The molecule has 0 radical (unpaired) electrons. The van der Waals surface area contributed by atoms with Crippen LogP contribution in [-0.4, -0.2) is 6.04 Å². The van der Waals surface area contributed by atoms with Gasteiger partial charge in [-0.05, 0) is 49.3 Å². The Morgan fingerprint density at radius 2 is 2.12 bits per heavy atom. The summed E-state index contributed by atoms with van der Waals surface area (Å²) in [5, 5.41) is 3.96. The molecule has 3 rings (SSSR count). The zero-order chi connectivity index (χ0) is 11.1. The quantitative estimate of drug-likeness (QED) is 0.820. The molecule has 1 aromatic rings. The molecular weight excluding hydrogens is 225 g/mol. The Balaban J connectivity index is 1.74. The molecule has 2 fully saturated rings. The number of anilines is 1. The third kappa shape index (κ3) is 1.80. The molecule has 86 valence electrons. The van der Waals surface area contributed by atoms with E-state index in [9.17, 15) is 4.39 Å². The number of halogens is 2. The van der Waals surface area contributed by atoms with Crippen molar-refractivity contribution >= 4 is 17.3 Å². The van der Waals surface area contributed by atoms with E-state index in [1.165, 1.54) is 37.8 Å². The number of nitrogens with one attached hydrogen (secondary N) is 1. The van der Waals surface area contributed by atoms with E-state index in [0.717, 1.165) is 17.5 Å². The van der Waals surface area contributed by atoms with Crippen LogP contribution in [0.5, 0.6) is 0 Å². The Kier molecular flexibility index (Phi) is 2.55. The van der Waals surface area contributed by atoms with E-state index in [2.05, 4.69) is 5.32 Å². The molecule has 1 N–H and O–H groups in total. The highest BCUT2D eigenvalue weighted by molar-refractivity contribution is 6.33. The van der Waals surface area contributed by atoms with E-state index >= 15 is 0 Å². The first-order chi connectivity index (χ1) is 7.72. The standard InChI is InChI=1S/C13H15ClFN/c14-11-7-10(15)3-4-12(11)16-13-6-8-1-2-9(13)5-8/h3-4,7-9,13,16H,1-2,5-6H2. The fraction of sp³-hybridized carbons (Fsp3) is 0.538. The first kappa shape index (κ1) is 10.4. The number of benzene rings is 1. The van der Waals surface area contributed by atoms with Gasteiger partial charge in [-0.25, -0.2) is 4.39 Å². The highest BCUT2D eigenvalue weighted by Gasteiger charge is 2.39. The van der Waals surface area contributed by atoms with Crippen LogP contribution in [0.2, 0.25) is 5.02 Å². The minimum atomic E-state index is -0.275. The summed E-state index contributed by atoms with van der Waals surface area (Å²) in [7, 11) is 0. The van der Waals surface area contributed by atoms with E-state index in [0.29, 0.717) is 11.1 Å². The van der Waals surface area contributed by atoms with Gasteiger partial charge in [0.15, 0.2) is 0 Å². The minimum absolute atomic E-state index is 0.275. The van der Waals surface area contributed by atoms with Crippen LogP contribution in [0.3, 0.4) is 0 Å². The summed E-state index contributed by atoms with van der Waals surface area (Å²) < 4.78 is 12.9. The lowest BCUT2D eigenvalue weighted by molar-refractivity contribution is 0.440. The van der Waals surface area contributed by atoms with Gasteiger partial charge in [0.05, 0.1) is 10.7 Å². The maximum absolute atomic E-state index is 12.9. The largest absolute Gasteiger partial charge is 0.381 e. The topological polar surface area (TPSA) is 12.0 Å².